The number of rotatable bonds is 8. The van der Waals surface area contributed by atoms with Crippen molar-refractivity contribution in [3.05, 3.63) is 75.0 Å². The molecule has 2 aromatic heterocycles. The molecule has 11 heteroatoms. The summed E-state index contributed by atoms with van der Waals surface area (Å²) >= 11 is 12.2. The van der Waals surface area contributed by atoms with Crippen molar-refractivity contribution in [3.63, 3.8) is 0 Å². The number of ether oxygens (including phenoxy) is 1. The predicted octanol–water partition coefficient (Wildman–Crippen LogP) is 4.09. The van der Waals surface area contributed by atoms with E-state index in [0.29, 0.717) is 46.4 Å². The van der Waals surface area contributed by atoms with Gasteiger partial charge in [0.2, 0.25) is 0 Å². The maximum atomic E-state index is 13.3. The fourth-order valence-corrected chi connectivity index (χ4v) is 4.59. The molecular formula is C25H28Cl2N6O3. The lowest BCUT2D eigenvalue weighted by Gasteiger charge is -2.33. The summed E-state index contributed by atoms with van der Waals surface area (Å²) < 4.78 is 7.04. The second-order valence-electron chi connectivity index (χ2n) is 8.68. The Morgan fingerprint density at radius 1 is 1.22 bits per heavy atom. The minimum atomic E-state index is -0.452. The van der Waals surface area contributed by atoms with Gasteiger partial charge in [0.25, 0.3) is 5.91 Å². The summed E-state index contributed by atoms with van der Waals surface area (Å²) in [6.07, 6.45) is 5.55. The highest BCUT2D eigenvalue weighted by Gasteiger charge is 2.34. The fraction of sp³-hybridized carbons (Fsp3) is 0.400. The molecule has 0 saturated carbocycles. The lowest BCUT2D eigenvalue weighted by atomic mass is 9.98. The summed E-state index contributed by atoms with van der Waals surface area (Å²) in [6.45, 7) is 7.25. The molecule has 1 aliphatic rings. The quantitative estimate of drug-likeness (QED) is 0.437. The summed E-state index contributed by atoms with van der Waals surface area (Å²) in [5.74, 6) is -0.637. The SMILES string of the molecule is CCOC(=O)c1c2c(nn1CCNC(C)c1cncnc1)C[C@@H](C)N(C(=O)c1ccc(Cl)c(Cl)c1)C2. The normalized spacial score (nSPS) is 15.9. The van der Waals surface area contributed by atoms with E-state index < -0.39 is 5.97 Å². The Labute approximate surface area is 219 Å². The third-order valence-electron chi connectivity index (χ3n) is 6.23. The average molecular weight is 531 g/mol. The van der Waals surface area contributed by atoms with Crippen molar-refractivity contribution in [1.29, 1.82) is 0 Å². The third-order valence-corrected chi connectivity index (χ3v) is 6.97. The number of fused-ring (bicyclic) bond motifs is 1. The van der Waals surface area contributed by atoms with Crippen LogP contribution in [-0.2, 0) is 24.2 Å². The summed E-state index contributed by atoms with van der Waals surface area (Å²) in [4.78, 5) is 36.2. The van der Waals surface area contributed by atoms with Crippen LogP contribution in [0.25, 0.3) is 0 Å². The Morgan fingerprint density at radius 3 is 2.67 bits per heavy atom. The van der Waals surface area contributed by atoms with Crippen LogP contribution in [0.5, 0.6) is 0 Å². The van der Waals surface area contributed by atoms with Gasteiger partial charge < -0.3 is 15.0 Å². The standard InChI is InChI=1S/C25H28Cl2N6O3/c1-4-36-25(35)23-19-13-32(24(34)17-5-6-20(26)21(27)10-17)15(2)9-22(19)31-33(23)8-7-30-16(3)18-11-28-14-29-12-18/h5-6,10-12,14-16,30H,4,7-9,13H2,1-3H3/t15-,16?/m1/s1. The zero-order valence-corrected chi connectivity index (χ0v) is 21.9. The van der Waals surface area contributed by atoms with Crippen LogP contribution in [-0.4, -0.2) is 55.7 Å². The van der Waals surface area contributed by atoms with E-state index in [4.69, 9.17) is 33.0 Å². The highest BCUT2D eigenvalue weighted by atomic mass is 35.5. The number of hydrogen-bond acceptors (Lipinski definition) is 7. The number of carbonyl (C=O) groups is 2. The zero-order chi connectivity index (χ0) is 25.8. The number of amides is 1. The van der Waals surface area contributed by atoms with Crippen LogP contribution in [0.1, 0.15) is 64.5 Å². The fourth-order valence-electron chi connectivity index (χ4n) is 4.29. The van der Waals surface area contributed by atoms with E-state index in [1.807, 2.05) is 13.8 Å². The van der Waals surface area contributed by atoms with Gasteiger partial charge in [-0.25, -0.2) is 14.8 Å². The molecule has 4 rings (SSSR count). The van der Waals surface area contributed by atoms with Gasteiger partial charge in [-0.05, 0) is 39.0 Å². The second kappa shape index (κ2) is 11.4. The Kier molecular flexibility index (Phi) is 8.23. The van der Waals surface area contributed by atoms with E-state index in [2.05, 4.69) is 15.3 Å². The average Bonchev–Trinajstić information content (AvgIpc) is 3.22. The monoisotopic (exact) mass is 530 g/mol. The summed E-state index contributed by atoms with van der Waals surface area (Å²) in [7, 11) is 0. The van der Waals surface area contributed by atoms with Gasteiger partial charge in [0.1, 0.15) is 6.33 Å². The first-order valence-corrected chi connectivity index (χ1v) is 12.6. The molecule has 3 heterocycles. The molecule has 0 radical (unpaired) electrons. The molecule has 0 fully saturated rings. The van der Waals surface area contributed by atoms with Crippen LogP contribution >= 0.6 is 23.2 Å². The molecule has 0 aliphatic carbocycles. The van der Waals surface area contributed by atoms with Crippen LogP contribution in [0.3, 0.4) is 0 Å². The number of hydrogen-bond donors (Lipinski definition) is 1. The van der Waals surface area contributed by atoms with Gasteiger partial charge in [0, 0.05) is 54.1 Å². The van der Waals surface area contributed by atoms with Crippen LogP contribution in [0.15, 0.2) is 36.9 Å². The first kappa shape index (κ1) is 26.1. The number of halogens is 2. The van der Waals surface area contributed by atoms with E-state index in [1.54, 1.807) is 47.1 Å². The lowest BCUT2D eigenvalue weighted by Crippen LogP contribution is -2.42. The largest absolute Gasteiger partial charge is 0.461 e. The molecule has 0 spiro atoms. The molecule has 2 atom stereocenters. The number of carbonyl (C=O) groups excluding carboxylic acids is 2. The van der Waals surface area contributed by atoms with E-state index >= 15 is 0 Å². The maximum Gasteiger partial charge on any atom is 0.356 e. The third kappa shape index (κ3) is 5.53. The van der Waals surface area contributed by atoms with Crippen molar-refractivity contribution in [2.75, 3.05) is 13.2 Å². The Balaban J connectivity index is 1.56. The van der Waals surface area contributed by atoms with Crippen LogP contribution in [0.4, 0.5) is 0 Å². The second-order valence-corrected chi connectivity index (χ2v) is 9.49. The topological polar surface area (TPSA) is 102 Å². The Hall–Kier alpha value is -3.01. The van der Waals surface area contributed by atoms with Gasteiger partial charge >= 0.3 is 5.97 Å². The van der Waals surface area contributed by atoms with E-state index in [-0.39, 0.29) is 31.1 Å². The number of benzene rings is 1. The zero-order valence-electron chi connectivity index (χ0n) is 20.4. The molecule has 1 aliphatic heterocycles. The summed E-state index contributed by atoms with van der Waals surface area (Å²) in [6, 6.07) is 4.73. The van der Waals surface area contributed by atoms with Crippen molar-refractivity contribution >= 4 is 35.1 Å². The number of nitrogens with zero attached hydrogens (tertiary/aromatic N) is 5. The highest BCUT2D eigenvalue weighted by molar-refractivity contribution is 6.42. The molecule has 1 N–H and O–H groups in total. The first-order valence-electron chi connectivity index (χ1n) is 11.8. The molecular weight excluding hydrogens is 503 g/mol. The van der Waals surface area contributed by atoms with Gasteiger partial charge in [-0.1, -0.05) is 23.2 Å². The van der Waals surface area contributed by atoms with Gasteiger partial charge in [-0.3, -0.25) is 9.48 Å². The molecule has 0 bridgehead atoms. The van der Waals surface area contributed by atoms with Gasteiger partial charge in [0.05, 0.1) is 35.4 Å². The molecule has 1 amide bonds. The van der Waals surface area contributed by atoms with Crippen LogP contribution in [0.2, 0.25) is 10.0 Å². The van der Waals surface area contributed by atoms with E-state index in [0.717, 1.165) is 11.3 Å². The Morgan fingerprint density at radius 2 is 1.97 bits per heavy atom. The number of aromatic nitrogens is 4. The van der Waals surface area contributed by atoms with Crippen molar-refractivity contribution in [2.45, 2.75) is 52.4 Å². The lowest BCUT2D eigenvalue weighted by molar-refractivity contribution is 0.0502. The smallest absolute Gasteiger partial charge is 0.356 e. The molecule has 36 heavy (non-hydrogen) atoms. The van der Waals surface area contributed by atoms with Crippen molar-refractivity contribution in [1.82, 2.24) is 30.0 Å². The van der Waals surface area contributed by atoms with Gasteiger partial charge in [0.15, 0.2) is 5.69 Å². The summed E-state index contributed by atoms with van der Waals surface area (Å²) in [5.41, 5.74) is 3.29. The highest BCUT2D eigenvalue weighted by Crippen LogP contribution is 2.29. The molecule has 190 valence electrons. The van der Waals surface area contributed by atoms with Crippen LogP contribution in [0, 0.1) is 0 Å². The van der Waals surface area contributed by atoms with Crippen molar-refractivity contribution in [2.24, 2.45) is 0 Å². The first-order chi connectivity index (χ1) is 17.3. The van der Waals surface area contributed by atoms with Gasteiger partial charge in [-0.15, -0.1) is 0 Å². The Bertz CT molecular complexity index is 1250. The van der Waals surface area contributed by atoms with E-state index in [1.165, 1.54) is 6.33 Å². The number of nitrogens with one attached hydrogen (secondary N) is 1. The predicted molar refractivity (Wildman–Crippen MR) is 136 cm³/mol. The molecule has 9 nitrogen and oxygen atoms in total. The molecule has 1 unspecified atom stereocenters. The summed E-state index contributed by atoms with van der Waals surface area (Å²) in [5, 5.41) is 8.85. The minimum Gasteiger partial charge on any atom is -0.461 e. The molecule has 0 saturated heterocycles. The minimum absolute atomic E-state index is 0.0294. The van der Waals surface area contributed by atoms with Crippen molar-refractivity contribution < 1.29 is 14.3 Å². The number of esters is 1. The van der Waals surface area contributed by atoms with Crippen LogP contribution < -0.4 is 5.32 Å². The molecule has 3 aromatic rings. The molecule has 1 aromatic carbocycles. The van der Waals surface area contributed by atoms with Crippen molar-refractivity contribution in [3.8, 4) is 0 Å². The maximum absolute atomic E-state index is 13.3. The van der Waals surface area contributed by atoms with E-state index in [9.17, 15) is 9.59 Å². The van der Waals surface area contributed by atoms with Gasteiger partial charge in [-0.2, -0.15) is 5.10 Å².